The van der Waals surface area contributed by atoms with Crippen molar-refractivity contribution in [1.29, 1.82) is 0 Å². The van der Waals surface area contributed by atoms with Crippen molar-refractivity contribution < 1.29 is 46.1 Å². The lowest BCUT2D eigenvalue weighted by molar-refractivity contribution is -0.157. The Morgan fingerprint density at radius 1 is 1.29 bits per heavy atom. The molecule has 1 atom stereocenters. The number of amides is 1. The highest BCUT2D eigenvalue weighted by Crippen LogP contribution is 2.32. The van der Waals surface area contributed by atoms with Crippen LogP contribution in [0.25, 0.3) is 0 Å². The number of aliphatic carboxylic acids is 1. The number of halogens is 5. The zero-order chi connectivity index (χ0) is 18.5. The number of carbonyl (C=O) groups excluding carboxylic acids is 1. The molecule has 1 aromatic rings. The van der Waals surface area contributed by atoms with Crippen molar-refractivity contribution >= 4 is 11.9 Å². The van der Waals surface area contributed by atoms with Crippen molar-refractivity contribution in [3.63, 3.8) is 0 Å². The van der Waals surface area contributed by atoms with Gasteiger partial charge in [-0.15, -0.1) is 0 Å². The van der Waals surface area contributed by atoms with Crippen molar-refractivity contribution in [3.8, 4) is 11.5 Å². The number of alkyl halides is 5. The summed E-state index contributed by atoms with van der Waals surface area (Å²) >= 11 is 0. The van der Waals surface area contributed by atoms with Crippen LogP contribution >= 0.6 is 0 Å². The summed E-state index contributed by atoms with van der Waals surface area (Å²) in [4.78, 5) is 22.8. The number of carboxylic acids is 1. The van der Waals surface area contributed by atoms with E-state index in [9.17, 15) is 31.5 Å². The molecule has 0 radical (unpaired) electrons. The quantitative estimate of drug-likeness (QED) is 0.732. The number of methoxy groups -OCH3 is 1. The Morgan fingerprint density at radius 2 is 1.92 bits per heavy atom. The highest BCUT2D eigenvalue weighted by molar-refractivity contribution is 5.99. The molecule has 0 fully saturated rings. The van der Waals surface area contributed by atoms with Gasteiger partial charge in [-0.25, -0.2) is 4.79 Å². The molecule has 0 aliphatic rings. The van der Waals surface area contributed by atoms with Gasteiger partial charge in [-0.05, 0) is 12.1 Å². The summed E-state index contributed by atoms with van der Waals surface area (Å²) in [5, 5.41) is 10.4. The second-order valence-electron chi connectivity index (χ2n) is 4.40. The molecule has 1 aromatic carbocycles. The summed E-state index contributed by atoms with van der Waals surface area (Å²) in [6.07, 6.45) is -6.68. The number of carbonyl (C=O) groups is 2. The average Bonchev–Trinajstić information content (AvgIpc) is 2.44. The predicted molar refractivity (Wildman–Crippen MR) is 69.2 cm³/mol. The lowest BCUT2D eigenvalue weighted by Gasteiger charge is -2.18. The van der Waals surface area contributed by atoms with Crippen LogP contribution in [-0.4, -0.2) is 42.9 Å². The van der Waals surface area contributed by atoms with Crippen LogP contribution in [0.2, 0.25) is 0 Å². The van der Waals surface area contributed by atoms with Crippen LogP contribution in [0.3, 0.4) is 0 Å². The number of rotatable bonds is 7. The first kappa shape index (κ1) is 19.5. The molecular formula is C13H12F5NO5. The van der Waals surface area contributed by atoms with Crippen molar-refractivity contribution in [2.75, 3.05) is 7.11 Å². The Hall–Kier alpha value is -2.59. The molecular weight excluding hydrogens is 345 g/mol. The summed E-state index contributed by atoms with van der Waals surface area (Å²) in [6.45, 7) is -3.33. The van der Waals surface area contributed by atoms with Crippen LogP contribution in [-0.2, 0) is 4.79 Å². The molecule has 2 N–H and O–H groups in total. The Balaban J connectivity index is 3.11. The molecule has 1 rings (SSSR count). The maximum Gasteiger partial charge on any atom is 0.391 e. The van der Waals surface area contributed by atoms with E-state index in [1.807, 2.05) is 0 Å². The van der Waals surface area contributed by atoms with Gasteiger partial charge in [0.2, 0.25) is 0 Å². The van der Waals surface area contributed by atoms with Crippen molar-refractivity contribution in [1.82, 2.24) is 5.32 Å². The van der Waals surface area contributed by atoms with E-state index in [1.165, 1.54) is 12.1 Å². The van der Waals surface area contributed by atoms with E-state index in [2.05, 4.69) is 4.74 Å². The smallest absolute Gasteiger partial charge is 0.391 e. The molecule has 0 aromatic heterocycles. The highest BCUT2D eigenvalue weighted by atomic mass is 19.4. The van der Waals surface area contributed by atoms with Crippen molar-refractivity contribution in [2.45, 2.75) is 25.3 Å². The van der Waals surface area contributed by atoms with Gasteiger partial charge < -0.3 is 19.9 Å². The predicted octanol–water partition coefficient (Wildman–Crippen LogP) is 2.43. The van der Waals surface area contributed by atoms with Gasteiger partial charge in [0.05, 0.1) is 19.1 Å². The van der Waals surface area contributed by atoms with Crippen LogP contribution in [0.4, 0.5) is 22.0 Å². The van der Waals surface area contributed by atoms with Gasteiger partial charge in [0, 0.05) is 0 Å². The number of ether oxygens (including phenoxy) is 2. The SMILES string of the molecule is COc1cccc(C(=O)NC(CC(F)(F)F)C(=O)O)c1OC(F)F. The minimum absolute atomic E-state index is 0.273. The third kappa shape index (κ3) is 5.56. The number of hydrogen-bond acceptors (Lipinski definition) is 4. The molecule has 0 saturated heterocycles. The molecule has 0 heterocycles. The number of carboxylic acid groups (broad SMARTS) is 1. The van der Waals surface area contributed by atoms with Gasteiger partial charge in [-0.1, -0.05) is 6.07 Å². The Morgan fingerprint density at radius 3 is 2.38 bits per heavy atom. The minimum Gasteiger partial charge on any atom is -0.493 e. The average molecular weight is 357 g/mol. The summed E-state index contributed by atoms with van der Waals surface area (Å²) in [5.74, 6) is -4.25. The first-order valence-corrected chi connectivity index (χ1v) is 6.27. The molecule has 11 heteroatoms. The Bertz CT molecular complexity index is 605. The zero-order valence-corrected chi connectivity index (χ0v) is 12.1. The molecule has 134 valence electrons. The van der Waals surface area contributed by atoms with Crippen LogP contribution in [0.5, 0.6) is 11.5 Å². The van der Waals surface area contributed by atoms with Crippen LogP contribution < -0.4 is 14.8 Å². The second kappa shape index (κ2) is 7.79. The fraction of sp³-hybridized carbons (Fsp3) is 0.385. The molecule has 0 aliphatic heterocycles. The summed E-state index contributed by atoms with van der Waals surface area (Å²) < 4.78 is 70.8. The molecule has 0 aliphatic carbocycles. The molecule has 0 spiro atoms. The number of hydrogen-bond donors (Lipinski definition) is 2. The van der Waals surface area contributed by atoms with Crippen molar-refractivity contribution in [2.24, 2.45) is 0 Å². The number of benzene rings is 1. The van der Waals surface area contributed by atoms with Gasteiger partial charge in [0.25, 0.3) is 5.91 Å². The van der Waals surface area contributed by atoms with E-state index >= 15 is 0 Å². The van der Waals surface area contributed by atoms with E-state index in [-0.39, 0.29) is 5.75 Å². The molecule has 1 amide bonds. The third-order valence-corrected chi connectivity index (χ3v) is 2.69. The maximum absolute atomic E-state index is 12.4. The largest absolute Gasteiger partial charge is 0.493 e. The van der Waals surface area contributed by atoms with Gasteiger partial charge in [0.1, 0.15) is 6.04 Å². The van der Waals surface area contributed by atoms with Crippen LogP contribution in [0.15, 0.2) is 18.2 Å². The lowest BCUT2D eigenvalue weighted by Crippen LogP contribution is -2.43. The zero-order valence-electron chi connectivity index (χ0n) is 12.1. The Labute approximate surface area is 132 Å². The first-order chi connectivity index (χ1) is 11.0. The van der Waals surface area contributed by atoms with Gasteiger partial charge in [-0.3, -0.25) is 4.79 Å². The van der Waals surface area contributed by atoms with E-state index in [4.69, 9.17) is 9.84 Å². The minimum atomic E-state index is -4.85. The highest BCUT2D eigenvalue weighted by Gasteiger charge is 2.37. The molecule has 1 unspecified atom stereocenters. The number of nitrogens with one attached hydrogen (secondary N) is 1. The molecule has 0 bridgehead atoms. The monoisotopic (exact) mass is 357 g/mol. The fourth-order valence-corrected chi connectivity index (χ4v) is 1.73. The summed E-state index contributed by atoms with van der Waals surface area (Å²) in [7, 11) is 1.10. The lowest BCUT2D eigenvalue weighted by atomic mass is 10.1. The van der Waals surface area contributed by atoms with E-state index in [0.717, 1.165) is 13.2 Å². The van der Waals surface area contributed by atoms with Gasteiger partial charge in [0.15, 0.2) is 11.5 Å². The summed E-state index contributed by atoms with van der Waals surface area (Å²) in [5.41, 5.74) is -0.594. The topological polar surface area (TPSA) is 84.9 Å². The first-order valence-electron chi connectivity index (χ1n) is 6.27. The number of para-hydroxylation sites is 1. The normalized spacial score (nSPS) is 12.6. The van der Waals surface area contributed by atoms with Crippen LogP contribution in [0.1, 0.15) is 16.8 Å². The van der Waals surface area contributed by atoms with Gasteiger partial charge >= 0.3 is 18.8 Å². The summed E-state index contributed by atoms with van der Waals surface area (Å²) in [6, 6.07) is 1.06. The third-order valence-electron chi connectivity index (χ3n) is 2.69. The van der Waals surface area contributed by atoms with Crippen molar-refractivity contribution in [3.05, 3.63) is 23.8 Å². The van der Waals surface area contributed by atoms with E-state index in [1.54, 1.807) is 5.32 Å². The standard InChI is InChI=1S/C13H12F5NO5/c1-23-8-4-2-3-6(9(8)24-12(14)15)10(20)19-7(11(21)22)5-13(16,17)18/h2-4,7,12H,5H2,1H3,(H,19,20)(H,21,22). The Kier molecular flexibility index (Phi) is 6.32. The van der Waals surface area contributed by atoms with E-state index in [0.29, 0.717) is 0 Å². The van der Waals surface area contributed by atoms with E-state index < -0.39 is 48.4 Å². The maximum atomic E-state index is 12.4. The molecule has 24 heavy (non-hydrogen) atoms. The molecule has 6 nitrogen and oxygen atoms in total. The molecule has 0 saturated carbocycles. The fourth-order valence-electron chi connectivity index (χ4n) is 1.73. The second-order valence-corrected chi connectivity index (χ2v) is 4.40. The van der Waals surface area contributed by atoms with Crippen LogP contribution in [0, 0.1) is 0 Å². The van der Waals surface area contributed by atoms with Gasteiger partial charge in [-0.2, -0.15) is 22.0 Å².